The molecule has 0 radical (unpaired) electrons. The van der Waals surface area contributed by atoms with E-state index in [1.165, 1.54) is 12.1 Å². The molecule has 0 spiro atoms. The van der Waals surface area contributed by atoms with Crippen molar-refractivity contribution in [3.8, 4) is 0 Å². The minimum atomic E-state index is -1.11. The van der Waals surface area contributed by atoms with Crippen LogP contribution in [0.3, 0.4) is 0 Å². The number of aliphatic hydroxyl groups is 1. The van der Waals surface area contributed by atoms with Gasteiger partial charge in [0.05, 0.1) is 12.1 Å². The lowest BCUT2D eigenvalue weighted by Gasteiger charge is -2.25. The van der Waals surface area contributed by atoms with Gasteiger partial charge in [-0.3, -0.25) is 9.59 Å². The number of carbonyl (C=O) groups excluding carboxylic acids is 2. The Morgan fingerprint density at radius 2 is 1.44 bits per heavy atom. The molecule has 2 unspecified atom stereocenters. The Hall–Kier alpha value is -4.66. The quantitative estimate of drug-likeness (QED) is 0.121. The molecular formula is C40H45F2N3O3. The SMILES string of the molecule is C=C(c1ccccc1)c1cccc(CNCC(O)C(Cc2cc(F)cc(F)c2)NC(=O)c2cc(C)cc(C(=O)N(CCC)CCC)c2)c1. The Morgan fingerprint density at radius 1 is 0.792 bits per heavy atom. The van der Waals surface area contributed by atoms with E-state index < -0.39 is 29.7 Å². The van der Waals surface area contributed by atoms with Crippen LogP contribution in [0.1, 0.15) is 75.2 Å². The molecule has 4 aromatic rings. The highest BCUT2D eigenvalue weighted by Crippen LogP contribution is 2.22. The van der Waals surface area contributed by atoms with Crippen LogP contribution in [0.5, 0.6) is 0 Å². The normalized spacial score (nSPS) is 12.3. The first kappa shape index (κ1) is 36.2. The van der Waals surface area contributed by atoms with Gasteiger partial charge in [-0.2, -0.15) is 0 Å². The zero-order chi connectivity index (χ0) is 34.6. The molecule has 0 aliphatic carbocycles. The number of hydrogen-bond acceptors (Lipinski definition) is 4. The Balaban J connectivity index is 1.50. The topological polar surface area (TPSA) is 81.7 Å². The van der Waals surface area contributed by atoms with Gasteiger partial charge in [0, 0.05) is 43.4 Å². The van der Waals surface area contributed by atoms with Crippen molar-refractivity contribution in [3.63, 3.8) is 0 Å². The van der Waals surface area contributed by atoms with Gasteiger partial charge in [0.15, 0.2) is 0 Å². The predicted octanol–water partition coefficient (Wildman–Crippen LogP) is 7.09. The molecule has 3 N–H and O–H groups in total. The van der Waals surface area contributed by atoms with Crippen molar-refractivity contribution < 1.29 is 23.5 Å². The van der Waals surface area contributed by atoms with Gasteiger partial charge >= 0.3 is 0 Å². The lowest BCUT2D eigenvalue weighted by Crippen LogP contribution is -2.48. The highest BCUT2D eigenvalue weighted by Gasteiger charge is 2.24. The highest BCUT2D eigenvalue weighted by molar-refractivity contribution is 6.00. The minimum Gasteiger partial charge on any atom is -0.390 e. The second-order valence-corrected chi connectivity index (χ2v) is 12.2. The number of halogens is 2. The molecule has 0 fully saturated rings. The van der Waals surface area contributed by atoms with E-state index in [9.17, 15) is 23.5 Å². The molecule has 0 bridgehead atoms. The summed E-state index contributed by atoms with van der Waals surface area (Å²) >= 11 is 0. The van der Waals surface area contributed by atoms with Crippen molar-refractivity contribution in [1.29, 1.82) is 0 Å². The number of aryl methyl sites for hydroxylation is 1. The maximum absolute atomic E-state index is 14.1. The molecule has 0 aliphatic rings. The number of amides is 2. The molecule has 0 aliphatic heterocycles. The van der Waals surface area contributed by atoms with Crippen molar-refractivity contribution >= 4 is 17.4 Å². The molecule has 0 saturated carbocycles. The molecule has 4 rings (SSSR count). The second-order valence-electron chi connectivity index (χ2n) is 12.2. The Kier molecular flexibility index (Phi) is 13.2. The fourth-order valence-corrected chi connectivity index (χ4v) is 5.77. The number of aliphatic hydroxyl groups excluding tert-OH is 1. The molecule has 2 atom stereocenters. The van der Waals surface area contributed by atoms with E-state index in [0.29, 0.717) is 30.8 Å². The molecule has 2 amide bonds. The third-order valence-electron chi connectivity index (χ3n) is 8.10. The van der Waals surface area contributed by atoms with Gasteiger partial charge in [-0.25, -0.2) is 8.78 Å². The number of nitrogens with zero attached hydrogens (tertiary/aromatic N) is 1. The maximum atomic E-state index is 14.1. The van der Waals surface area contributed by atoms with E-state index >= 15 is 0 Å². The zero-order valence-electron chi connectivity index (χ0n) is 27.9. The average molecular weight is 654 g/mol. The first-order chi connectivity index (χ1) is 23.1. The third kappa shape index (κ3) is 10.2. The van der Waals surface area contributed by atoms with Crippen LogP contribution in [0.4, 0.5) is 8.78 Å². The van der Waals surface area contributed by atoms with Crippen molar-refractivity contribution in [2.24, 2.45) is 0 Å². The largest absolute Gasteiger partial charge is 0.390 e. The van der Waals surface area contributed by atoms with Crippen LogP contribution in [0, 0.1) is 18.6 Å². The smallest absolute Gasteiger partial charge is 0.253 e. The van der Waals surface area contributed by atoms with Crippen LogP contribution in [-0.4, -0.2) is 53.6 Å². The fourth-order valence-electron chi connectivity index (χ4n) is 5.77. The van der Waals surface area contributed by atoms with Gasteiger partial charge in [0.2, 0.25) is 0 Å². The monoisotopic (exact) mass is 653 g/mol. The van der Waals surface area contributed by atoms with E-state index in [1.54, 1.807) is 23.1 Å². The van der Waals surface area contributed by atoms with Crippen LogP contribution in [0.15, 0.2) is 97.6 Å². The summed E-state index contributed by atoms with van der Waals surface area (Å²) in [5.74, 6) is -2.14. The first-order valence-electron chi connectivity index (χ1n) is 16.5. The van der Waals surface area contributed by atoms with Crippen molar-refractivity contribution in [2.45, 2.75) is 58.7 Å². The maximum Gasteiger partial charge on any atom is 0.253 e. The summed E-state index contributed by atoms with van der Waals surface area (Å²) in [5, 5.41) is 17.4. The van der Waals surface area contributed by atoms with Gasteiger partial charge in [-0.1, -0.05) is 69.0 Å². The van der Waals surface area contributed by atoms with Gasteiger partial charge in [-0.15, -0.1) is 0 Å². The van der Waals surface area contributed by atoms with E-state index in [0.717, 1.165) is 46.7 Å². The van der Waals surface area contributed by atoms with Crippen molar-refractivity contribution in [1.82, 2.24) is 15.5 Å². The fraction of sp³-hybridized carbons (Fsp3) is 0.300. The number of benzene rings is 4. The van der Waals surface area contributed by atoms with E-state index in [-0.39, 0.29) is 24.4 Å². The number of nitrogens with one attached hydrogen (secondary N) is 2. The zero-order valence-corrected chi connectivity index (χ0v) is 27.9. The van der Waals surface area contributed by atoms with Crippen LogP contribution in [-0.2, 0) is 13.0 Å². The summed E-state index contributed by atoms with van der Waals surface area (Å²) in [4.78, 5) is 28.7. The molecule has 6 nitrogen and oxygen atoms in total. The van der Waals surface area contributed by atoms with Crippen molar-refractivity contribution in [2.75, 3.05) is 19.6 Å². The number of carbonyl (C=O) groups is 2. The molecule has 252 valence electrons. The molecule has 0 saturated heterocycles. The lowest BCUT2D eigenvalue weighted by molar-refractivity contribution is 0.0755. The summed E-state index contributed by atoms with van der Waals surface area (Å²) < 4.78 is 28.2. The molecule has 48 heavy (non-hydrogen) atoms. The minimum absolute atomic E-state index is 0.0198. The summed E-state index contributed by atoms with van der Waals surface area (Å²) in [6.07, 6.45) is 0.494. The van der Waals surface area contributed by atoms with Crippen LogP contribution >= 0.6 is 0 Å². The highest BCUT2D eigenvalue weighted by atomic mass is 19.1. The van der Waals surface area contributed by atoms with Crippen LogP contribution in [0.25, 0.3) is 5.57 Å². The Morgan fingerprint density at radius 3 is 2.10 bits per heavy atom. The lowest BCUT2D eigenvalue weighted by atomic mass is 9.98. The van der Waals surface area contributed by atoms with Crippen molar-refractivity contribution in [3.05, 3.63) is 148 Å². The summed E-state index contributed by atoms with van der Waals surface area (Å²) in [6, 6.07) is 25.1. The number of hydrogen-bond donors (Lipinski definition) is 3. The number of rotatable bonds is 16. The molecular weight excluding hydrogens is 608 g/mol. The van der Waals surface area contributed by atoms with Crippen LogP contribution < -0.4 is 10.6 Å². The van der Waals surface area contributed by atoms with Crippen LogP contribution in [0.2, 0.25) is 0 Å². The Labute approximate surface area is 282 Å². The summed E-state index contributed by atoms with van der Waals surface area (Å²) in [6.45, 7) is 11.8. The second kappa shape index (κ2) is 17.5. The molecule has 0 aromatic heterocycles. The first-order valence-corrected chi connectivity index (χ1v) is 16.5. The standard InChI is InChI=1S/C40H45F2N3O3/c1-5-15-45(16-6-2)40(48)34-18-27(3)17-33(23-34)39(47)44-37(22-30-20-35(41)24-36(42)21-30)38(46)26-43-25-29-11-10-14-32(19-29)28(4)31-12-8-7-9-13-31/h7-14,17-21,23-24,37-38,43,46H,4-6,15-16,22,25-26H2,1-3H3,(H,44,47). The van der Waals surface area contributed by atoms with E-state index in [2.05, 4.69) is 17.2 Å². The molecule has 8 heteroatoms. The van der Waals surface area contributed by atoms with E-state index in [1.807, 2.05) is 75.4 Å². The average Bonchev–Trinajstić information content (AvgIpc) is 3.07. The van der Waals surface area contributed by atoms with E-state index in [4.69, 9.17) is 0 Å². The summed E-state index contributed by atoms with van der Waals surface area (Å²) in [7, 11) is 0. The van der Waals surface area contributed by atoms with Gasteiger partial charge < -0.3 is 20.6 Å². The third-order valence-corrected chi connectivity index (χ3v) is 8.10. The van der Waals surface area contributed by atoms with Gasteiger partial charge in [0.25, 0.3) is 11.8 Å². The molecule has 4 aromatic carbocycles. The molecule has 0 heterocycles. The van der Waals surface area contributed by atoms with Gasteiger partial charge in [0.1, 0.15) is 11.6 Å². The van der Waals surface area contributed by atoms with Gasteiger partial charge in [-0.05, 0) is 96.0 Å². The predicted molar refractivity (Wildman–Crippen MR) is 188 cm³/mol. The Bertz CT molecular complexity index is 1680. The summed E-state index contributed by atoms with van der Waals surface area (Å²) in [5.41, 5.74) is 5.56.